The molecule has 152 valence electrons. The first-order valence-corrected chi connectivity index (χ1v) is 9.49. The molecule has 0 atom stereocenters. The topological polar surface area (TPSA) is 98.7 Å². The van der Waals surface area contributed by atoms with E-state index in [9.17, 15) is 9.18 Å². The highest BCUT2D eigenvalue weighted by Crippen LogP contribution is 2.21. The van der Waals surface area contributed by atoms with Crippen molar-refractivity contribution in [2.75, 3.05) is 5.32 Å². The predicted molar refractivity (Wildman–Crippen MR) is 108 cm³/mol. The van der Waals surface area contributed by atoms with Crippen molar-refractivity contribution < 1.29 is 13.7 Å². The zero-order valence-electron chi connectivity index (χ0n) is 16.2. The van der Waals surface area contributed by atoms with Crippen molar-refractivity contribution in [3.63, 3.8) is 0 Å². The lowest BCUT2D eigenvalue weighted by Crippen LogP contribution is -2.12. The van der Waals surface area contributed by atoms with E-state index in [0.717, 1.165) is 17.9 Å². The van der Waals surface area contributed by atoms with Crippen LogP contribution in [0.4, 0.5) is 10.1 Å². The summed E-state index contributed by atoms with van der Waals surface area (Å²) < 4.78 is 20.1. The molecule has 4 aromatic rings. The molecule has 1 N–H and O–H groups in total. The van der Waals surface area contributed by atoms with Gasteiger partial charge in [-0.2, -0.15) is 4.98 Å². The van der Waals surface area contributed by atoms with Crippen molar-refractivity contribution in [2.24, 2.45) is 0 Å². The first-order chi connectivity index (χ1) is 14.6. The third kappa shape index (κ3) is 4.40. The SMILES string of the molecule is CCn1cnnc1-c1cccc(NC(=O)CCc2nc(-c3ccc(F)cc3)no2)c1. The van der Waals surface area contributed by atoms with Gasteiger partial charge in [0.05, 0.1) is 0 Å². The molecule has 8 nitrogen and oxygen atoms in total. The highest BCUT2D eigenvalue weighted by atomic mass is 19.1. The Morgan fingerprint density at radius 3 is 2.80 bits per heavy atom. The summed E-state index contributed by atoms with van der Waals surface area (Å²) in [6.07, 6.45) is 2.15. The van der Waals surface area contributed by atoms with Crippen LogP contribution in [0.2, 0.25) is 0 Å². The molecule has 0 aliphatic heterocycles. The second kappa shape index (κ2) is 8.64. The summed E-state index contributed by atoms with van der Waals surface area (Å²) in [7, 11) is 0. The van der Waals surface area contributed by atoms with E-state index in [2.05, 4.69) is 25.7 Å². The fraction of sp³-hybridized carbons (Fsp3) is 0.190. The molecule has 2 aromatic heterocycles. The van der Waals surface area contributed by atoms with Gasteiger partial charge in [0.25, 0.3) is 0 Å². The summed E-state index contributed by atoms with van der Waals surface area (Å²) in [5.41, 5.74) is 2.18. The molecule has 0 aliphatic rings. The Morgan fingerprint density at radius 2 is 2.00 bits per heavy atom. The van der Waals surface area contributed by atoms with Crippen molar-refractivity contribution in [3.05, 3.63) is 66.6 Å². The fourth-order valence-electron chi connectivity index (χ4n) is 2.96. The van der Waals surface area contributed by atoms with E-state index in [1.54, 1.807) is 18.5 Å². The van der Waals surface area contributed by atoms with Gasteiger partial charge >= 0.3 is 0 Å². The van der Waals surface area contributed by atoms with E-state index < -0.39 is 0 Å². The number of halogens is 1. The molecule has 0 saturated carbocycles. The quantitative estimate of drug-likeness (QED) is 0.502. The van der Waals surface area contributed by atoms with E-state index in [-0.39, 0.29) is 18.1 Å². The van der Waals surface area contributed by atoms with E-state index in [1.807, 2.05) is 35.8 Å². The van der Waals surface area contributed by atoms with Crippen molar-refractivity contribution >= 4 is 11.6 Å². The normalized spacial score (nSPS) is 10.9. The summed E-state index contributed by atoms with van der Waals surface area (Å²) in [5.74, 6) is 0.934. The second-order valence-corrected chi connectivity index (χ2v) is 6.59. The van der Waals surface area contributed by atoms with Crippen LogP contribution in [-0.2, 0) is 17.8 Å². The number of rotatable bonds is 7. The molecule has 0 aliphatic carbocycles. The van der Waals surface area contributed by atoms with E-state index >= 15 is 0 Å². The molecular weight excluding hydrogens is 387 g/mol. The highest BCUT2D eigenvalue weighted by molar-refractivity contribution is 5.91. The number of hydrogen-bond acceptors (Lipinski definition) is 6. The number of aryl methyl sites for hydroxylation is 2. The van der Waals surface area contributed by atoms with Gasteiger partial charge in [0.15, 0.2) is 5.82 Å². The molecule has 0 bridgehead atoms. The van der Waals surface area contributed by atoms with Crippen LogP contribution < -0.4 is 5.32 Å². The van der Waals surface area contributed by atoms with Crippen LogP contribution in [0.15, 0.2) is 59.4 Å². The van der Waals surface area contributed by atoms with Gasteiger partial charge in [0.1, 0.15) is 12.1 Å². The van der Waals surface area contributed by atoms with Gasteiger partial charge in [0.2, 0.25) is 17.6 Å². The van der Waals surface area contributed by atoms with Crippen LogP contribution in [0.3, 0.4) is 0 Å². The average Bonchev–Trinajstić information content (AvgIpc) is 3.42. The molecule has 0 unspecified atom stereocenters. The van der Waals surface area contributed by atoms with Crippen molar-refractivity contribution in [2.45, 2.75) is 26.3 Å². The van der Waals surface area contributed by atoms with Gasteiger partial charge < -0.3 is 14.4 Å². The Morgan fingerprint density at radius 1 is 1.17 bits per heavy atom. The van der Waals surface area contributed by atoms with E-state index in [0.29, 0.717) is 29.4 Å². The number of nitrogens with zero attached hydrogens (tertiary/aromatic N) is 5. The zero-order chi connectivity index (χ0) is 20.9. The number of carbonyl (C=O) groups is 1. The summed E-state index contributed by atoms with van der Waals surface area (Å²) >= 11 is 0. The van der Waals surface area contributed by atoms with Crippen LogP contribution in [0.1, 0.15) is 19.2 Å². The Bertz CT molecular complexity index is 1150. The smallest absolute Gasteiger partial charge is 0.227 e. The van der Waals surface area contributed by atoms with Crippen molar-refractivity contribution in [1.82, 2.24) is 24.9 Å². The minimum atomic E-state index is -0.335. The van der Waals surface area contributed by atoms with Gasteiger partial charge in [-0.3, -0.25) is 4.79 Å². The van der Waals surface area contributed by atoms with Crippen molar-refractivity contribution in [3.8, 4) is 22.8 Å². The van der Waals surface area contributed by atoms with Gasteiger partial charge in [-0.1, -0.05) is 17.3 Å². The Hall–Kier alpha value is -3.88. The second-order valence-electron chi connectivity index (χ2n) is 6.59. The zero-order valence-corrected chi connectivity index (χ0v) is 16.2. The Kier molecular flexibility index (Phi) is 5.60. The lowest BCUT2D eigenvalue weighted by atomic mass is 10.2. The van der Waals surface area contributed by atoms with Gasteiger partial charge in [0, 0.05) is 36.2 Å². The largest absolute Gasteiger partial charge is 0.339 e. The van der Waals surface area contributed by atoms with E-state index in [1.165, 1.54) is 12.1 Å². The van der Waals surface area contributed by atoms with Crippen LogP contribution in [0.5, 0.6) is 0 Å². The standard InChI is InChI=1S/C21H19FN6O2/c1-2-28-13-23-26-21(28)15-4-3-5-17(12-15)24-18(29)10-11-19-25-20(27-30-19)14-6-8-16(22)9-7-14/h3-9,12-13H,2,10-11H2,1H3,(H,24,29). The number of amides is 1. The molecule has 0 spiro atoms. The monoisotopic (exact) mass is 406 g/mol. The minimum Gasteiger partial charge on any atom is -0.339 e. The third-order valence-corrected chi connectivity index (χ3v) is 4.50. The van der Waals surface area contributed by atoms with Crippen LogP contribution in [0, 0.1) is 5.82 Å². The minimum absolute atomic E-state index is 0.175. The molecule has 4 rings (SSSR count). The summed E-state index contributed by atoms with van der Waals surface area (Å²) in [5, 5.41) is 14.8. The fourth-order valence-corrected chi connectivity index (χ4v) is 2.96. The average molecular weight is 406 g/mol. The van der Waals surface area contributed by atoms with Crippen molar-refractivity contribution in [1.29, 1.82) is 0 Å². The van der Waals surface area contributed by atoms with Crippen LogP contribution >= 0.6 is 0 Å². The summed E-state index contributed by atoms with van der Waals surface area (Å²) in [4.78, 5) is 16.6. The molecule has 0 fully saturated rings. The molecule has 30 heavy (non-hydrogen) atoms. The molecular formula is C21H19FN6O2. The lowest BCUT2D eigenvalue weighted by molar-refractivity contribution is -0.116. The number of nitrogens with one attached hydrogen (secondary N) is 1. The Labute approximate surface area is 171 Å². The maximum Gasteiger partial charge on any atom is 0.227 e. The number of aromatic nitrogens is 5. The molecule has 2 aromatic carbocycles. The molecule has 0 radical (unpaired) electrons. The van der Waals surface area contributed by atoms with E-state index in [4.69, 9.17) is 4.52 Å². The highest BCUT2D eigenvalue weighted by Gasteiger charge is 2.12. The van der Waals surface area contributed by atoms with Crippen LogP contribution in [0.25, 0.3) is 22.8 Å². The molecule has 1 amide bonds. The number of carbonyl (C=O) groups excluding carboxylic acids is 1. The third-order valence-electron chi connectivity index (χ3n) is 4.50. The first kappa shape index (κ1) is 19.4. The number of benzene rings is 2. The summed E-state index contributed by atoms with van der Waals surface area (Å²) in [6, 6.07) is 13.2. The maximum absolute atomic E-state index is 13.0. The van der Waals surface area contributed by atoms with Gasteiger partial charge in [-0.25, -0.2) is 4.39 Å². The lowest BCUT2D eigenvalue weighted by Gasteiger charge is -2.07. The number of hydrogen-bond donors (Lipinski definition) is 1. The summed E-state index contributed by atoms with van der Waals surface area (Å²) in [6.45, 7) is 2.76. The van der Waals surface area contributed by atoms with Gasteiger partial charge in [-0.15, -0.1) is 10.2 Å². The van der Waals surface area contributed by atoms with Crippen LogP contribution in [-0.4, -0.2) is 30.8 Å². The van der Waals surface area contributed by atoms with Gasteiger partial charge in [-0.05, 0) is 43.3 Å². The first-order valence-electron chi connectivity index (χ1n) is 9.49. The maximum atomic E-state index is 13.0. The Balaban J connectivity index is 1.36. The number of anilines is 1. The molecule has 0 saturated heterocycles. The molecule has 2 heterocycles. The predicted octanol–water partition coefficient (Wildman–Crippen LogP) is 3.73. The molecule has 9 heteroatoms.